The van der Waals surface area contributed by atoms with E-state index in [9.17, 15) is 9.18 Å². The summed E-state index contributed by atoms with van der Waals surface area (Å²) in [7, 11) is 0. The standard InChI is InChI=1S/C4H7FN4O3/c5-1-2(8-11)6-4(10)7-3(1)9-12/h1-2,8,11-12H,(H2,6,7,9,10)/t1-,2+/m1/s1. The van der Waals surface area contributed by atoms with Gasteiger partial charge in [-0.05, 0) is 0 Å². The van der Waals surface area contributed by atoms with Crippen molar-refractivity contribution in [2.75, 3.05) is 0 Å². The highest BCUT2D eigenvalue weighted by molar-refractivity contribution is 6.02. The summed E-state index contributed by atoms with van der Waals surface area (Å²) in [4.78, 5) is 10.6. The van der Waals surface area contributed by atoms with Gasteiger partial charge in [0.2, 0.25) is 0 Å². The lowest BCUT2D eigenvalue weighted by Crippen LogP contribution is -2.64. The predicted octanol–water partition coefficient (Wildman–Crippen LogP) is -1.27. The van der Waals surface area contributed by atoms with E-state index in [-0.39, 0.29) is 0 Å². The second-order valence-electron chi connectivity index (χ2n) is 2.09. The first-order valence-electron chi connectivity index (χ1n) is 3.02. The lowest BCUT2D eigenvalue weighted by atomic mass is 10.2. The fraction of sp³-hybridized carbons (Fsp3) is 0.500. The lowest BCUT2D eigenvalue weighted by molar-refractivity contribution is 0.0802. The maximum absolute atomic E-state index is 12.9. The minimum atomic E-state index is -1.82. The van der Waals surface area contributed by atoms with Crippen molar-refractivity contribution in [3.05, 3.63) is 0 Å². The first-order valence-corrected chi connectivity index (χ1v) is 3.02. The number of nitrogens with one attached hydrogen (secondary N) is 3. The molecule has 0 saturated carbocycles. The van der Waals surface area contributed by atoms with Crippen LogP contribution < -0.4 is 16.1 Å². The van der Waals surface area contributed by atoms with Crippen molar-refractivity contribution in [3.8, 4) is 0 Å². The summed E-state index contributed by atoms with van der Waals surface area (Å²) in [5, 5.41) is 22.9. The molecule has 5 N–H and O–H groups in total. The number of alkyl halides is 1. The smallest absolute Gasteiger partial charge is 0.321 e. The van der Waals surface area contributed by atoms with Gasteiger partial charge in [0.15, 0.2) is 12.0 Å². The molecule has 68 valence electrons. The highest BCUT2D eigenvalue weighted by Crippen LogP contribution is 2.02. The van der Waals surface area contributed by atoms with Crippen LogP contribution in [0.5, 0.6) is 0 Å². The topological polar surface area (TPSA) is 106 Å². The van der Waals surface area contributed by atoms with Gasteiger partial charge in [-0.3, -0.25) is 5.32 Å². The van der Waals surface area contributed by atoms with Crippen molar-refractivity contribution in [2.24, 2.45) is 5.16 Å². The average molecular weight is 178 g/mol. The molecular formula is C4H7FN4O3. The first-order chi connectivity index (χ1) is 5.69. The Hall–Kier alpha value is -1.41. The number of nitrogens with zero attached hydrogens (tertiary/aromatic N) is 1. The Morgan fingerprint density at radius 2 is 2.33 bits per heavy atom. The highest BCUT2D eigenvalue weighted by Gasteiger charge is 2.33. The van der Waals surface area contributed by atoms with E-state index in [4.69, 9.17) is 10.4 Å². The number of carbonyl (C=O) groups is 1. The van der Waals surface area contributed by atoms with Gasteiger partial charge >= 0.3 is 6.03 Å². The third-order valence-electron chi connectivity index (χ3n) is 1.33. The summed E-state index contributed by atoms with van der Waals surface area (Å²) < 4.78 is 12.9. The van der Waals surface area contributed by atoms with E-state index in [0.717, 1.165) is 0 Å². The molecule has 0 unspecified atom stereocenters. The third kappa shape index (κ3) is 1.43. The number of hydrogen-bond acceptors (Lipinski definition) is 5. The largest absolute Gasteiger partial charge is 0.409 e. The molecule has 0 aromatic carbocycles. The fourth-order valence-electron chi connectivity index (χ4n) is 0.771. The molecule has 1 heterocycles. The van der Waals surface area contributed by atoms with E-state index in [1.54, 1.807) is 0 Å². The molecular weight excluding hydrogens is 171 g/mol. The summed E-state index contributed by atoms with van der Waals surface area (Å²) in [5.41, 5.74) is 1.51. The molecule has 7 nitrogen and oxygen atoms in total. The second-order valence-corrected chi connectivity index (χ2v) is 2.09. The van der Waals surface area contributed by atoms with Crippen LogP contribution in [0.15, 0.2) is 5.16 Å². The third-order valence-corrected chi connectivity index (χ3v) is 1.33. The van der Waals surface area contributed by atoms with E-state index < -0.39 is 24.2 Å². The molecule has 0 aromatic rings. The van der Waals surface area contributed by atoms with Crippen molar-refractivity contribution in [3.63, 3.8) is 0 Å². The minimum absolute atomic E-state index is 0.551. The van der Waals surface area contributed by atoms with Crippen molar-refractivity contribution >= 4 is 11.9 Å². The van der Waals surface area contributed by atoms with Gasteiger partial charge in [0.1, 0.15) is 6.17 Å². The first kappa shape index (κ1) is 8.68. The van der Waals surface area contributed by atoms with Crippen LogP contribution in [-0.2, 0) is 0 Å². The molecule has 2 amide bonds. The molecule has 1 saturated heterocycles. The molecule has 1 aliphatic heterocycles. The van der Waals surface area contributed by atoms with Crippen molar-refractivity contribution in [2.45, 2.75) is 12.3 Å². The Morgan fingerprint density at radius 1 is 1.67 bits per heavy atom. The molecule has 0 bridgehead atoms. The van der Waals surface area contributed by atoms with Crippen LogP contribution in [0.4, 0.5) is 9.18 Å². The number of hydroxylamine groups is 1. The Balaban J connectivity index is 2.75. The number of oxime groups is 1. The normalized spacial score (nSPS) is 32.8. The predicted molar refractivity (Wildman–Crippen MR) is 34.5 cm³/mol. The molecule has 12 heavy (non-hydrogen) atoms. The summed E-state index contributed by atoms with van der Waals surface area (Å²) in [6, 6.07) is -0.761. The number of carbonyl (C=O) groups excluding carboxylic acids is 1. The van der Waals surface area contributed by atoms with Gasteiger partial charge < -0.3 is 15.7 Å². The number of hydrogen-bond donors (Lipinski definition) is 5. The molecule has 0 aromatic heterocycles. The molecule has 1 aliphatic rings. The van der Waals surface area contributed by atoms with Crippen molar-refractivity contribution in [1.29, 1.82) is 0 Å². The van der Waals surface area contributed by atoms with Gasteiger partial charge in [-0.2, -0.15) is 5.48 Å². The van der Waals surface area contributed by atoms with Gasteiger partial charge in [0, 0.05) is 0 Å². The van der Waals surface area contributed by atoms with Crippen LogP contribution in [-0.4, -0.2) is 34.6 Å². The fourth-order valence-corrected chi connectivity index (χ4v) is 0.771. The molecule has 8 heteroatoms. The SMILES string of the molecule is O=C1NC(=NO)[C@H](F)[C@H](NO)N1. The molecule has 1 fully saturated rings. The maximum Gasteiger partial charge on any atom is 0.321 e. The van der Waals surface area contributed by atoms with Crippen LogP contribution in [0.1, 0.15) is 0 Å². The van der Waals surface area contributed by atoms with Crippen molar-refractivity contribution < 1.29 is 19.6 Å². The van der Waals surface area contributed by atoms with E-state index in [1.165, 1.54) is 5.48 Å². The number of amides is 2. The summed E-state index contributed by atoms with van der Waals surface area (Å²) in [6.45, 7) is 0. The van der Waals surface area contributed by atoms with E-state index in [2.05, 4.69) is 5.16 Å². The van der Waals surface area contributed by atoms with Gasteiger partial charge in [-0.15, -0.1) is 0 Å². The summed E-state index contributed by atoms with van der Waals surface area (Å²) >= 11 is 0. The minimum Gasteiger partial charge on any atom is -0.409 e. The number of rotatable bonds is 1. The maximum atomic E-state index is 12.9. The van der Waals surface area contributed by atoms with E-state index >= 15 is 0 Å². The molecule has 0 radical (unpaired) electrons. The zero-order valence-corrected chi connectivity index (χ0v) is 5.78. The van der Waals surface area contributed by atoms with Crippen LogP contribution in [0.25, 0.3) is 0 Å². The van der Waals surface area contributed by atoms with Gasteiger partial charge in [0.25, 0.3) is 0 Å². The summed E-state index contributed by atoms with van der Waals surface area (Å²) in [6.07, 6.45) is -3.12. The number of amidine groups is 1. The zero-order chi connectivity index (χ0) is 9.14. The lowest BCUT2D eigenvalue weighted by Gasteiger charge is -2.26. The Bertz CT molecular complexity index is 220. The second kappa shape index (κ2) is 3.32. The van der Waals surface area contributed by atoms with Crippen LogP contribution in [0.3, 0.4) is 0 Å². The number of halogens is 1. The molecule has 2 atom stereocenters. The van der Waals surface area contributed by atoms with Crippen LogP contribution >= 0.6 is 0 Å². The molecule has 0 aliphatic carbocycles. The Kier molecular flexibility index (Phi) is 2.41. The van der Waals surface area contributed by atoms with Crippen LogP contribution in [0.2, 0.25) is 0 Å². The molecule has 0 spiro atoms. The average Bonchev–Trinajstić information content (AvgIpc) is 2.08. The van der Waals surface area contributed by atoms with Gasteiger partial charge in [-0.25, -0.2) is 9.18 Å². The van der Waals surface area contributed by atoms with Gasteiger partial charge in [0.05, 0.1) is 0 Å². The van der Waals surface area contributed by atoms with Crippen molar-refractivity contribution in [1.82, 2.24) is 16.1 Å². The highest BCUT2D eigenvalue weighted by atomic mass is 19.1. The Morgan fingerprint density at radius 3 is 2.83 bits per heavy atom. The van der Waals surface area contributed by atoms with E-state index in [0.29, 0.717) is 0 Å². The monoisotopic (exact) mass is 178 g/mol. The van der Waals surface area contributed by atoms with Crippen LogP contribution in [0, 0.1) is 0 Å². The number of urea groups is 1. The molecule has 1 rings (SSSR count). The van der Waals surface area contributed by atoms with Gasteiger partial charge in [-0.1, -0.05) is 5.16 Å². The Labute approximate surface area is 66.2 Å². The quantitative estimate of drug-likeness (QED) is 0.255. The zero-order valence-electron chi connectivity index (χ0n) is 5.78. The van der Waals surface area contributed by atoms with E-state index in [1.807, 2.05) is 10.6 Å². The summed E-state index contributed by atoms with van der Waals surface area (Å²) in [5.74, 6) is -0.551.